The third-order valence-electron chi connectivity index (χ3n) is 4.10. The average molecular weight is 282 g/mol. The number of ether oxygens (including phenoxy) is 1. The van der Waals surface area contributed by atoms with Crippen molar-refractivity contribution in [2.75, 3.05) is 13.7 Å². The Kier molecular flexibility index (Phi) is 5.82. The molecule has 1 aromatic rings. The molecule has 3 N–H and O–H groups in total. The molecule has 4 heteroatoms. The highest BCUT2D eigenvalue weighted by Gasteiger charge is 2.22. The van der Waals surface area contributed by atoms with Crippen molar-refractivity contribution in [1.29, 1.82) is 0 Å². The summed E-state index contributed by atoms with van der Waals surface area (Å²) in [6.07, 6.45) is 7.59. The summed E-state index contributed by atoms with van der Waals surface area (Å²) < 4.78 is 5.18. The van der Waals surface area contributed by atoms with Crippen LogP contribution in [-0.2, 0) is 17.6 Å². The van der Waals surface area contributed by atoms with Gasteiger partial charge in [-0.05, 0) is 49.7 Å². The lowest BCUT2D eigenvalue weighted by Gasteiger charge is -2.21. The zero-order valence-electron chi connectivity index (χ0n) is 12.1. The molecular weight excluding hydrogens is 256 g/mol. The molecule has 0 aromatic carbocycles. The molecule has 3 nitrogen and oxygen atoms in total. The molecule has 1 aliphatic carbocycles. The number of thiophene rings is 1. The molecule has 0 aliphatic heterocycles. The first-order valence-electron chi connectivity index (χ1n) is 7.32. The highest BCUT2D eigenvalue weighted by atomic mass is 32.1. The first-order valence-corrected chi connectivity index (χ1v) is 8.14. The van der Waals surface area contributed by atoms with Crippen molar-refractivity contribution in [2.24, 2.45) is 11.8 Å². The fourth-order valence-electron chi connectivity index (χ4n) is 2.84. The molecule has 0 spiro atoms. The van der Waals surface area contributed by atoms with Gasteiger partial charge in [0.15, 0.2) is 0 Å². The van der Waals surface area contributed by atoms with E-state index in [0.717, 1.165) is 13.0 Å². The number of hydrogen-bond donors (Lipinski definition) is 2. The molecule has 0 amide bonds. The summed E-state index contributed by atoms with van der Waals surface area (Å²) in [6.45, 7) is 3.04. The van der Waals surface area contributed by atoms with Crippen LogP contribution in [-0.4, -0.2) is 13.7 Å². The standard InChI is InChI=1S/C15H26N2OS/c1-11(8-9-18-2)15(17-16)14-10-12-6-4-3-5-7-13(12)19-14/h10-11,15,17H,3-9,16H2,1-2H3. The van der Waals surface area contributed by atoms with E-state index in [1.807, 2.05) is 11.3 Å². The topological polar surface area (TPSA) is 47.3 Å². The molecule has 2 unspecified atom stereocenters. The fraction of sp³-hybridized carbons (Fsp3) is 0.733. The lowest BCUT2D eigenvalue weighted by Crippen LogP contribution is -2.32. The second-order valence-electron chi connectivity index (χ2n) is 5.56. The Bertz CT molecular complexity index is 368. The largest absolute Gasteiger partial charge is 0.385 e. The SMILES string of the molecule is COCCC(C)C(NN)c1cc2c(s1)CCCCC2. The van der Waals surface area contributed by atoms with Crippen LogP contribution in [0.25, 0.3) is 0 Å². The number of methoxy groups -OCH3 is 1. The van der Waals surface area contributed by atoms with E-state index >= 15 is 0 Å². The maximum Gasteiger partial charge on any atom is 0.0579 e. The first-order chi connectivity index (χ1) is 9.26. The van der Waals surface area contributed by atoms with Gasteiger partial charge in [-0.3, -0.25) is 11.3 Å². The van der Waals surface area contributed by atoms with E-state index in [0.29, 0.717) is 5.92 Å². The fourth-order valence-corrected chi connectivity index (χ4v) is 4.29. The maximum absolute atomic E-state index is 5.78. The molecule has 1 heterocycles. The quantitative estimate of drug-likeness (QED) is 0.478. The maximum atomic E-state index is 5.78. The van der Waals surface area contributed by atoms with Crippen molar-refractivity contribution in [3.8, 4) is 0 Å². The van der Waals surface area contributed by atoms with Crippen LogP contribution in [0.5, 0.6) is 0 Å². The summed E-state index contributed by atoms with van der Waals surface area (Å²) in [4.78, 5) is 2.99. The summed E-state index contributed by atoms with van der Waals surface area (Å²) in [5, 5.41) is 0. The van der Waals surface area contributed by atoms with Crippen LogP contribution in [0.15, 0.2) is 6.07 Å². The highest BCUT2D eigenvalue weighted by Crippen LogP contribution is 2.35. The van der Waals surface area contributed by atoms with Gasteiger partial charge in [-0.1, -0.05) is 13.3 Å². The second-order valence-corrected chi connectivity index (χ2v) is 6.73. The number of nitrogens with two attached hydrogens (primary N) is 1. The van der Waals surface area contributed by atoms with Crippen LogP contribution in [0.4, 0.5) is 0 Å². The van der Waals surface area contributed by atoms with Crippen molar-refractivity contribution in [3.63, 3.8) is 0 Å². The van der Waals surface area contributed by atoms with Crippen molar-refractivity contribution in [1.82, 2.24) is 5.43 Å². The van der Waals surface area contributed by atoms with Crippen molar-refractivity contribution in [2.45, 2.75) is 51.5 Å². The predicted octanol–water partition coefficient (Wildman–Crippen LogP) is 3.19. The zero-order valence-corrected chi connectivity index (χ0v) is 12.9. The van der Waals surface area contributed by atoms with Crippen molar-refractivity contribution >= 4 is 11.3 Å². The van der Waals surface area contributed by atoms with Crippen LogP contribution < -0.4 is 11.3 Å². The van der Waals surface area contributed by atoms with Gasteiger partial charge in [-0.25, -0.2) is 0 Å². The van der Waals surface area contributed by atoms with E-state index < -0.39 is 0 Å². The van der Waals surface area contributed by atoms with E-state index in [9.17, 15) is 0 Å². The van der Waals surface area contributed by atoms with Gasteiger partial charge in [0.2, 0.25) is 0 Å². The third kappa shape index (κ3) is 3.78. The Hall–Kier alpha value is -0.420. The van der Waals surface area contributed by atoms with Gasteiger partial charge >= 0.3 is 0 Å². The summed E-state index contributed by atoms with van der Waals surface area (Å²) in [6, 6.07) is 2.64. The van der Waals surface area contributed by atoms with Gasteiger partial charge in [-0.15, -0.1) is 11.3 Å². The van der Waals surface area contributed by atoms with Crippen LogP contribution in [0.3, 0.4) is 0 Å². The molecule has 0 bridgehead atoms. The van der Waals surface area contributed by atoms with Crippen LogP contribution in [0, 0.1) is 5.92 Å². The summed E-state index contributed by atoms with van der Waals surface area (Å²) in [7, 11) is 1.75. The number of hydrazine groups is 1. The van der Waals surface area contributed by atoms with Crippen molar-refractivity contribution in [3.05, 3.63) is 21.4 Å². The number of nitrogens with one attached hydrogen (secondary N) is 1. The predicted molar refractivity (Wildman–Crippen MR) is 81.3 cm³/mol. The molecular formula is C15H26N2OS. The number of rotatable bonds is 6. The third-order valence-corrected chi connectivity index (χ3v) is 5.42. The van der Waals surface area contributed by atoms with Gasteiger partial charge in [0.1, 0.15) is 0 Å². The van der Waals surface area contributed by atoms with Crippen LogP contribution >= 0.6 is 11.3 Å². The number of aryl methyl sites for hydroxylation is 2. The van der Waals surface area contributed by atoms with Gasteiger partial charge in [0, 0.05) is 23.5 Å². The molecule has 0 radical (unpaired) electrons. The molecule has 2 rings (SSSR count). The van der Waals surface area contributed by atoms with Crippen molar-refractivity contribution < 1.29 is 4.74 Å². The minimum Gasteiger partial charge on any atom is -0.385 e. The lowest BCUT2D eigenvalue weighted by atomic mass is 9.97. The van der Waals surface area contributed by atoms with Gasteiger partial charge < -0.3 is 4.74 Å². The molecule has 1 aliphatic rings. The number of fused-ring (bicyclic) bond motifs is 1. The Labute approximate surface area is 120 Å². The Morgan fingerprint density at radius 1 is 1.37 bits per heavy atom. The van der Waals surface area contributed by atoms with Gasteiger partial charge in [0.25, 0.3) is 0 Å². The smallest absolute Gasteiger partial charge is 0.0579 e. The minimum absolute atomic E-state index is 0.257. The van der Waals surface area contributed by atoms with E-state index in [2.05, 4.69) is 18.4 Å². The minimum atomic E-state index is 0.257. The summed E-state index contributed by atoms with van der Waals surface area (Å²) in [5.74, 6) is 6.27. The van der Waals surface area contributed by atoms with Crippen LogP contribution in [0.2, 0.25) is 0 Å². The van der Waals surface area contributed by atoms with E-state index in [1.54, 1.807) is 17.6 Å². The molecule has 108 valence electrons. The zero-order chi connectivity index (χ0) is 13.7. The van der Waals surface area contributed by atoms with E-state index in [1.165, 1.54) is 37.0 Å². The molecule has 2 atom stereocenters. The van der Waals surface area contributed by atoms with Gasteiger partial charge in [-0.2, -0.15) is 0 Å². The van der Waals surface area contributed by atoms with E-state index in [-0.39, 0.29) is 6.04 Å². The van der Waals surface area contributed by atoms with E-state index in [4.69, 9.17) is 10.6 Å². The Balaban J connectivity index is 2.10. The molecule has 0 fully saturated rings. The summed E-state index contributed by atoms with van der Waals surface area (Å²) in [5.41, 5.74) is 4.57. The Morgan fingerprint density at radius 3 is 2.89 bits per heavy atom. The van der Waals surface area contributed by atoms with Crippen LogP contribution in [0.1, 0.15) is 54.0 Å². The Morgan fingerprint density at radius 2 is 2.16 bits per heavy atom. The molecule has 0 saturated carbocycles. The number of hydrogen-bond acceptors (Lipinski definition) is 4. The summed E-state index contributed by atoms with van der Waals surface area (Å²) >= 11 is 1.96. The first kappa shape index (κ1) is 15.0. The second kappa shape index (κ2) is 7.39. The normalized spacial score (nSPS) is 18.7. The van der Waals surface area contributed by atoms with Gasteiger partial charge in [0.05, 0.1) is 6.04 Å². The lowest BCUT2D eigenvalue weighted by molar-refractivity contribution is 0.170. The highest BCUT2D eigenvalue weighted by molar-refractivity contribution is 7.12. The monoisotopic (exact) mass is 282 g/mol. The average Bonchev–Trinajstić information content (AvgIpc) is 2.68. The molecule has 1 aromatic heterocycles. The molecule has 19 heavy (non-hydrogen) atoms. The molecule has 0 saturated heterocycles.